The molecule has 0 saturated carbocycles. The summed E-state index contributed by atoms with van der Waals surface area (Å²) in [5, 5.41) is 9.85. The zero-order chi connectivity index (χ0) is 27.7. The van der Waals surface area contributed by atoms with Gasteiger partial charge in [-0.3, -0.25) is 0 Å². The van der Waals surface area contributed by atoms with Crippen molar-refractivity contribution in [3.05, 3.63) is 176 Å². The number of anilines is 5. The third kappa shape index (κ3) is 6.06. The van der Waals surface area contributed by atoms with Crippen LogP contribution in [0.2, 0.25) is 0 Å². The van der Waals surface area contributed by atoms with Gasteiger partial charge in [-0.1, -0.05) is 85.4 Å². The van der Waals surface area contributed by atoms with E-state index in [0.29, 0.717) is 0 Å². The summed E-state index contributed by atoms with van der Waals surface area (Å²) < 4.78 is 0. The highest BCUT2D eigenvalue weighted by atomic mass is 16.3. The molecule has 0 saturated heterocycles. The fraction of sp³-hybridized carbons (Fsp3) is 0.0270. The lowest BCUT2D eigenvalue weighted by atomic mass is 10.0. The smallest absolute Gasteiger partial charge is 0.115 e. The molecule has 0 radical (unpaired) electrons. The molecule has 0 unspecified atom stereocenters. The molecule has 0 bridgehead atoms. The van der Waals surface area contributed by atoms with Crippen LogP contribution in [0, 0.1) is 0 Å². The number of benzene rings is 5. The highest BCUT2D eigenvalue weighted by molar-refractivity contribution is 5.79. The van der Waals surface area contributed by atoms with Crippen LogP contribution in [0.25, 0.3) is 11.1 Å². The molecule has 0 heterocycles. The van der Waals surface area contributed by atoms with Crippen molar-refractivity contribution in [2.45, 2.75) is 6.92 Å². The monoisotopic (exact) mass is 520 g/mol. The molecule has 0 fully saturated rings. The van der Waals surface area contributed by atoms with E-state index in [1.54, 1.807) is 6.08 Å². The first-order valence-corrected chi connectivity index (χ1v) is 13.3. The normalized spacial score (nSPS) is 11.6. The third-order valence-electron chi connectivity index (χ3n) is 6.68. The first-order valence-electron chi connectivity index (χ1n) is 13.3. The van der Waals surface area contributed by atoms with Crippen molar-refractivity contribution in [1.29, 1.82) is 0 Å². The number of hydrogen-bond donors (Lipinski definition) is 1. The quantitative estimate of drug-likeness (QED) is 0.155. The lowest BCUT2D eigenvalue weighted by Crippen LogP contribution is -2.14. The molecule has 3 nitrogen and oxygen atoms in total. The van der Waals surface area contributed by atoms with Gasteiger partial charge in [0.2, 0.25) is 0 Å². The van der Waals surface area contributed by atoms with Crippen LogP contribution in [0.5, 0.6) is 0 Å². The van der Waals surface area contributed by atoms with Crippen molar-refractivity contribution >= 4 is 28.4 Å². The number of rotatable bonds is 9. The standard InChI is InChI=1S/C37H32N2O/c1-3-37(40)28-19-29(2)38(32-13-7-4-8-14-32)35-24-20-30(21-25-35)31-22-26-36(27-23-31)39(33-15-9-5-10-16-33)34-17-11-6-12-18-34/h3-28,40H,1H2,2H3/b29-19-,37-28+. The van der Waals surface area contributed by atoms with E-state index in [2.05, 4.69) is 126 Å². The van der Waals surface area contributed by atoms with Crippen LogP contribution in [0.4, 0.5) is 28.4 Å². The van der Waals surface area contributed by atoms with E-state index in [1.807, 2.05) is 43.3 Å². The fourth-order valence-corrected chi connectivity index (χ4v) is 4.69. The van der Waals surface area contributed by atoms with Crippen molar-refractivity contribution in [2.75, 3.05) is 9.80 Å². The summed E-state index contributed by atoms with van der Waals surface area (Å²) in [5.41, 5.74) is 8.67. The first-order chi connectivity index (χ1) is 19.6. The summed E-state index contributed by atoms with van der Waals surface area (Å²) in [5.74, 6) is 0.129. The van der Waals surface area contributed by atoms with Crippen molar-refractivity contribution in [3.63, 3.8) is 0 Å². The Labute approximate surface area is 236 Å². The minimum atomic E-state index is 0.129. The van der Waals surface area contributed by atoms with Crippen LogP contribution >= 0.6 is 0 Å². The van der Waals surface area contributed by atoms with Crippen molar-refractivity contribution in [1.82, 2.24) is 0 Å². The number of nitrogens with zero attached hydrogens (tertiary/aromatic N) is 2. The predicted molar refractivity (Wildman–Crippen MR) is 170 cm³/mol. The molecule has 5 aromatic carbocycles. The molecule has 0 aliphatic heterocycles. The zero-order valence-corrected chi connectivity index (χ0v) is 22.6. The summed E-state index contributed by atoms with van der Waals surface area (Å²) >= 11 is 0. The maximum atomic E-state index is 9.85. The molecule has 1 N–H and O–H groups in total. The average Bonchev–Trinajstić information content (AvgIpc) is 3.02. The molecule has 0 amide bonds. The molecular formula is C37H32N2O. The molecule has 5 aromatic rings. The summed E-state index contributed by atoms with van der Waals surface area (Å²) in [7, 11) is 0. The zero-order valence-electron chi connectivity index (χ0n) is 22.6. The second-order valence-electron chi connectivity index (χ2n) is 9.37. The highest BCUT2D eigenvalue weighted by Crippen LogP contribution is 2.36. The molecule has 0 aromatic heterocycles. The van der Waals surface area contributed by atoms with Gasteiger partial charge in [-0.2, -0.15) is 0 Å². The Kier molecular flexibility index (Phi) is 8.24. The largest absolute Gasteiger partial charge is 0.508 e. The van der Waals surface area contributed by atoms with E-state index in [0.717, 1.165) is 45.3 Å². The van der Waals surface area contributed by atoms with Crippen LogP contribution in [-0.2, 0) is 0 Å². The van der Waals surface area contributed by atoms with Crippen LogP contribution in [0.3, 0.4) is 0 Å². The number of para-hydroxylation sites is 3. The number of aliphatic hydroxyl groups is 1. The van der Waals surface area contributed by atoms with Crippen LogP contribution in [-0.4, -0.2) is 5.11 Å². The Morgan fingerprint density at radius 3 is 1.35 bits per heavy atom. The van der Waals surface area contributed by atoms with E-state index >= 15 is 0 Å². The number of hydrogen-bond acceptors (Lipinski definition) is 3. The highest BCUT2D eigenvalue weighted by Gasteiger charge is 2.13. The van der Waals surface area contributed by atoms with E-state index in [-0.39, 0.29) is 5.76 Å². The maximum absolute atomic E-state index is 9.85. The summed E-state index contributed by atoms with van der Waals surface area (Å²) in [6.45, 7) is 5.65. The Balaban J connectivity index is 1.45. The molecule has 3 heteroatoms. The van der Waals surface area contributed by atoms with Gasteiger partial charge >= 0.3 is 0 Å². The molecular weight excluding hydrogens is 488 g/mol. The fourth-order valence-electron chi connectivity index (χ4n) is 4.69. The SMILES string of the molecule is C=C/C(O)=C\C=C(\C)N(c1ccccc1)c1ccc(-c2ccc(N(c3ccccc3)c3ccccc3)cc2)cc1. The number of allylic oxidation sites excluding steroid dienone is 4. The van der Waals surface area contributed by atoms with Crippen molar-refractivity contribution < 1.29 is 5.11 Å². The van der Waals surface area contributed by atoms with E-state index in [9.17, 15) is 5.11 Å². The van der Waals surface area contributed by atoms with Gasteiger partial charge in [0.05, 0.1) is 0 Å². The Hall–Kier alpha value is -5.28. The second-order valence-corrected chi connectivity index (χ2v) is 9.37. The number of aliphatic hydroxyl groups excluding tert-OH is 1. The molecule has 0 atom stereocenters. The topological polar surface area (TPSA) is 26.7 Å². The summed E-state index contributed by atoms with van der Waals surface area (Å²) in [6.07, 6.45) is 4.97. The molecule has 196 valence electrons. The third-order valence-corrected chi connectivity index (χ3v) is 6.68. The Morgan fingerprint density at radius 1 is 0.525 bits per heavy atom. The Morgan fingerprint density at radius 2 is 0.900 bits per heavy atom. The van der Waals surface area contributed by atoms with Gasteiger partial charge in [0.15, 0.2) is 0 Å². The van der Waals surface area contributed by atoms with Crippen molar-refractivity contribution in [2.24, 2.45) is 0 Å². The van der Waals surface area contributed by atoms with E-state index in [4.69, 9.17) is 0 Å². The van der Waals surface area contributed by atoms with Gasteiger partial charge in [-0.05, 0) is 96.9 Å². The van der Waals surface area contributed by atoms with Crippen molar-refractivity contribution in [3.8, 4) is 11.1 Å². The van der Waals surface area contributed by atoms with Gasteiger partial charge in [-0.25, -0.2) is 0 Å². The van der Waals surface area contributed by atoms with Gasteiger partial charge in [0.1, 0.15) is 5.76 Å². The average molecular weight is 521 g/mol. The van der Waals surface area contributed by atoms with Gasteiger partial charge in [0.25, 0.3) is 0 Å². The maximum Gasteiger partial charge on any atom is 0.115 e. The molecule has 0 spiro atoms. The lowest BCUT2D eigenvalue weighted by molar-refractivity contribution is 0.433. The summed E-state index contributed by atoms with van der Waals surface area (Å²) in [4.78, 5) is 4.43. The van der Waals surface area contributed by atoms with Gasteiger partial charge < -0.3 is 14.9 Å². The Bertz CT molecular complexity index is 1550. The second kappa shape index (κ2) is 12.5. The molecule has 0 aliphatic carbocycles. The van der Waals surface area contributed by atoms with Crippen LogP contribution in [0.15, 0.2) is 176 Å². The minimum Gasteiger partial charge on any atom is -0.508 e. The molecule has 5 rings (SSSR count). The van der Waals surface area contributed by atoms with Gasteiger partial charge in [-0.15, -0.1) is 0 Å². The van der Waals surface area contributed by atoms with Gasteiger partial charge in [0, 0.05) is 34.1 Å². The van der Waals surface area contributed by atoms with Crippen LogP contribution < -0.4 is 9.80 Å². The molecule has 0 aliphatic rings. The lowest BCUT2D eigenvalue weighted by Gasteiger charge is -2.26. The van der Waals surface area contributed by atoms with E-state index < -0.39 is 0 Å². The minimum absolute atomic E-state index is 0.129. The summed E-state index contributed by atoms with van der Waals surface area (Å²) in [6, 6.07) is 48.3. The molecule has 40 heavy (non-hydrogen) atoms. The van der Waals surface area contributed by atoms with E-state index in [1.165, 1.54) is 6.08 Å². The van der Waals surface area contributed by atoms with Crippen LogP contribution in [0.1, 0.15) is 6.92 Å². The predicted octanol–water partition coefficient (Wildman–Crippen LogP) is 10.5. The first kappa shape index (κ1) is 26.3.